The predicted molar refractivity (Wildman–Crippen MR) is 364 cm³/mol. The first-order chi connectivity index (χ1) is 41.2. The molecular formula is C82H72N2. The van der Waals surface area contributed by atoms with Crippen LogP contribution in [-0.2, 0) is 0 Å². The monoisotopic (exact) mass is 1080 g/mol. The summed E-state index contributed by atoms with van der Waals surface area (Å²) in [4.78, 5) is 10.1. The molecule has 11 aromatic rings. The van der Waals surface area contributed by atoms with Crippen LogP contribution in [0.25, 0.3) is 82.8 Å². The molecule has 13 rings (SSSR count). The Morgan fingerprint density at radius 2 is 0.798 bits per heavy atom. The van der Waals surface area contributed by atoms with Crippen LogP contribution in [0, 0.1) is 20.8 Å². The zero-order valence-corrected chi connectivity index (χ0v) is 49.3. The van der Waals surface area contributed by atoms with Gasteiger partial charge in [-0.1, -0.05) is 272 Å². The quantitative estimate of drug-likeness (QED) is 0.0963. The van der Waals surface area contributed by atoms with Crippen molar-refractivity contribution in [2.24, 2.45) is 9.98 Å². The highest BCUT2D eigenvalue weighted by Crippen LogP contribution is 2.49. The summed E-state index contributed by atoms with van der Waals surface area (Å²) in [6.45, 7) is 12.7. The number of allylic oxidation sites excluding steroid dienone is 8. The smallest absolute Gasteiger partial charge is 0.0662 e. The first-order valence-corrected chi connectivity index (χ1v) is 29.6. The maximum atomic E-state index is 5.10. The minimum Gasteiger partial charge on any atom is -0.257 e. The fourth-order valence-corrected chi connectivity index (χ4v) is 11.5. The third-order valence-electron chi connectivity index (χ3n) is 16.1. The zero-order valence-electron chi connectivity index (χ0n) is 49.3. The van der Waals surface area contributed by atoms with Gasteiger partial charge in [-0.25, -0.2) is 0 Å². The first-order valence-electron chi connectivity index (χ1n) is 29.6. The predicted octanol–water partition coefficient (Wildman–Crippen LogP) is 22.9. The van der Waals surface area contributed by atoms with Gasteiger partial charge < -0.3 is 0 Å². The molecule has 0 radical (unpaired) electrons. The standard InChI is InChI=1S/C68H56N2.2C7H8/c1-45-19-11-17-29-65(45)69-47(3)49-31-35-51(36-32-49)55-39-41-61-63(43-55)67(59-27-15-13-25-57(59)53-21-7-5-8-22-53)62-42-40-56(52-37-33-50(34-38-52)48(4)70-66-30-18-12-20-46(66)2)44-64(62)68(61)60-28-16-14-26-58(60)54-23-9-6-10-24-54;2*1-7-5-3-2-4-6-7/h5,7-9,11-16,18-28,30-44H,6,10,17,29H2,1-4H3;2*2-6H,1H3. The lowest BCUT2D eigenvalue weighted by Gasteiger charge is -2.23. The average Bonchev–Trinajstić information content (AvgIpc) is 1.76. The molecule has 0 amide bonds. The number of rotatable bonds is 10. The fourth-order valence-electron chi connectivity index (χ4n) is 11.5. The van der Waals surface area contributed by atoms with Crippen LogP contribution in [0.5, 0.6) is 0 Å². The Kier molecular flexibility index (Phi) is 17.7. The highest BCUT2D eigenvalue weighted by atomic mass is 14.8. The Hall–Kier alpha value is -9.76. The van der Waals surface area contributed by atoms with Crippen molar-refractivity contribution in [1.82, 2.24) is 0 Å². The highest BCUT2D eigenvalue weighted by molar-refractivity contribution is 6.24. The van der Waals surface area contributed by atoms with Gasteiger partial charge in [-0.3, -0.25) is 9.98 Å². The molecule has 2 heteroatoms. The maximum Gasteiger partial charge on any atom is 0.0662 e. The van der Waals surface area contributed by atoms with Crippen LogP contribution in [0.1, 0.15) is 79.8 Å². The largest absolute Gasteiger partial charge is 0.257 e. The summed E-state index contributed by atoms with van der Waals surface area (Å²) in [5.41, 5.74) is 26.1. The molecule has 0 N–H and O–H groups in total. The molecule has 0 saturated heterocycles. The molecule has 84 heavy (non-hydrogen) atoms. The first kappa shape index (κ1) is 56.1. The molecule has 2 nitrogen and oxygen atoms in total. The Morgan fingerprint density at radius 1 is 0.345 bits per heavy atom. The minimum absolute atomic E-state index is 0.985. The number of fused-ring (bicyclic) bond motifs is 2. The molecule has 0 unspecified atom stereocenters. The van der Waals surface area contributed by atoms with Crippen LogP contribution in [0.3, 0.4) is 0 Å². The van der Waals surface area contributed by atoms with E-state index in [9.17, 15) is 0 Å². The minimum atomic E-state index is 0.985. The van der Waals surface area contributed by atoms with Crippen molar-refractivity contribution in [3.63, 3.8) is 0 Å². The SMILES string of the molecule is CC(=NC1=C(C)C=CCC1)c1ccc(-c2ccc3c(-c4ccccc4C4=CCCC=C4)c4cc(-c5ccc(C(C)=Nc6ccccc6C)cc5)ccc4c(-c4ccccc4-c4ccccc4)c3c2)cc1.Cc1ccccc1.Cc1ccccc1. The molecule has 0 spiro atoms. The van der Waals surface area contributed by atoms with Gasteiger partial charge >= 0.3 is 0 Å². The van der Waals surface area contributed by atoms with Gasteiger partial charge in [0.2, 0.25) is 0 Å². The van der Waals surface area contributed by atoms with Crippen LogP contribution < -0.4 is 0 Å². The van der Waals surface area contributed by atoms with E-state index < -0.39 is 0 Å². The van der Waals surface area contributed by atoms with E-state index in [2.05, 4.69) is 284 Å². The number of para-hydroxylation sites is 1. The highest BCUT2D eigenvalue weighted by Gasteiger charge is 2.23. The summed E-state index contributed by atoms with van der Waals surface area (Å²) in [7, 11) is 0. The second kappa shape index (κ2) is 26.4. The van der Waals surface area contributed by atoms with E-state index in [1.54, 1.807) is 0 Å². The van der Waals surface area contributed by atoms with Gasteiger partial charge in [0.05, 0.1) is 5.69 Å². The fraction of sp³-hybridized carbons (Fsp3) is 0.122. The topological polar surface area (TPSA) is 24.7 Å². The van der Waals surface area contributed by atoms with Crippen molar-refractivity contribution < 1.29 is 0 Å². The number of nitrogens with zero attached hydrogens (tertiary/aromatic N) is 2. The van der Waals surface area contributed by atoms with Crippen LogP contribution in [-0.4, -0.2) is 11.4 Å². The second-order valence-electron chi connectivity index (χ2n) is 22.1. The van der Waals surface area contributed by atoms with Crippen molar-refractivity contribution in [3.05, 3.63) is 324 Å². The Labute approximate surface area is 498 Å². The van der Waals surface area contributed by atoms with Crippen molar-refractivity contribution in [2.75, 3.05) is 0 Å². The molecular weight excluding hydrogens is 1010 g/mol. The molecule has 0 aromatic heterocycles. The molecule has 0 aliphatic heterocycles. The molecule has 2 aliphatic carbocycles. The van der Waals surface area contributed by atoms with Gasteiger partial charge in [-0.05, 0) is 196 Å². The molecule has 2 aliphatic rings. The van der Waals surface area contributed by atoms with Crippen molar-refractivity contribution in [2.45, 2.75) is 67.2 Å². The van der Waals surface area contributed by atoms with Gasteiger partial charge in [0.15, 0.2) is 0 Å². The lowest BCUT2D eigenvalue weighted by molar-refractivity contribution is 0.921. The molecule has 0 saturated carbocycles. The Bertz CT molecular complexity index is 4270. The number of aryl methyl sites for hydroxylation is 3. The molecule has 0 fully saturated rings. The van der Waals surface area contributed by atoms with Crippen molar-refractivity contribution >= 4 is 44.2 Å². The van der Waals surface area contributed by atoms with Gasteiger partial charge in [-0.15, -0.1) is 0 Å². The number of aliphatic imine (C=N–C) groups is 2. The summed E-state index contributed by atoms with van der Waals surface area (Å²) in [5.74, 6) is 0. The zero-order chi connectivity index (χ0) is 57.8. The molecule has 0 bridgehead atoms. The third-order valence-corrected chi connectivity index (χ3v) is 16.1. The molecule has 11 aromatic carbocycles. The number of hydrogen-bond donors (Lipinski definition) is 0. The van der Waals surface area contributed by atoms with E-state index in [0.717, 1.165) is 53.9 Å². The molecule has 0 atom stereocenters. The summed E-state index contributed by atoms with van der Waals surface area (Å²) in [5, 5.41) is 4.89. The van der Waals surface area contributed by atoms with Gasteiger partial charge in [0, 0.05) is 17.1 Å². The second-order valence-corrected chi connectivity index (χ2v) is 22.1. The summed E-state index contributed by atoms with van der Waals surface area (Å²) >= 11 is 0. The molecule has 410 valence electrons. The van der Waals surface area contributed by atoms with E-state index in [1.165, 1.54) is 116 Å². The van der Waals surface area contributed by atoms with Crippen LogP contribution in [0.2, 0.25) is 0 Å². The normalized spacial score (nSPS) is 13.2. The van der Waals surface area contributed by atoms with E-state index in [0.29, 0.717) is 0 Å². The summed E-state index contributed by atoms with van der Waals surface area (Å²) in [6.07, 6.45) is 15.6. The average molecular weight is 1090 g/mol. The van der Waals surface area contributed by atoms with Gasteiger partial charge in [0.1, 0.15) is 0 Å². The lowest BCUT2D eigenvalue weighted by Crippen LogP contribution is -1.98. The number of benzene rings is 11. The van der Waals surface area contributed by atoms with E-state index in [4.69, 9.17) is 9.98 Å². The third kappa shape index (κ3) is 13.0. The van der Waals surface area contributed by atoms with E-state index >= 15 is 0 Å². The summed E-state index contributed by atoms with van der Waals surface area (Å²) in [6, 6.07) is 89.9. The van der Waals surface area contributed by atoms with Crippen molar-refractivity contribution in [1.29, 1.82) is 0 Å². The van der Waals surface area contributed by atoms with Gasteiger partial charge in [0.25, 0.3) is 0 Å². The van der Waals surface area contributed by atoms with Crippen LogP contribution in [0.15, 0.2) is 300 Å². The number of hydrogen-bond acceptors (Lipinski definition) is 2. The van der Waals surface area contributed by atoms with Crippen LogP contribution >= 0.6 is 0 Å². The van der Waals surface area contributed by atoms with Gasteiger partial charge in [-0.2, -0.15) is 0 Å². The van der Waals surface area contributed by atoms with Crippen LogP contribution in [0.4, 0.5) is 5.69 Å². The van der Waals surface area contributed by atoms with E-state index in [1.807, 2.05) is 36.4 Å². The van der Waals surface area contributed by atoms with Crippen molar-refractivity contribution in [3.8, 4) is 55.6 Å². The lowest BCUT2D eigenvalue weighted by atomic mass is 9.80. The Balaban J connectivity index is 0.000000462. The Morgan fingerprint density at radius 3 is 1.30 bits per heavy atom. The molecule has 0 heterocycles. The summed E-state index contributed by atoms with van der Waals surface area (Å²) < 4.78 is 0. The van der Waals surface area contributed by atoms with E-state index in [-0.39, 0.29) is 0 Å². The maximum absolute atomic E-state index is 5.10.